The van der Waals surface area contributed by atoms with Gasteiger partial charge < -0.3 is 11.1 Å². The van der Waals surface area contributed by atoms with E-state index in [1.807, 2.05) is 30.3 Å². The van der Waals surface area contributed by atoms with Crippen LogP contribution in [0.1, 0.15) is 36.6 Å². The number of rotatable bonds is 6. The summed E-state index contributed by atoms with van der Waals surface area (Å²) >= 11 is 5.98. The minimum Gasteiger partial charge on any atom is -0.366 e. The van der Waals surface area contributed by atoms with E-state index in [1.165, 1.54) is 18.2 Å². The number of halogens is 1. The molecule has 4 amide bonds. The zero-order valence-electron chi connectivity index (χ0n) is 16.7. The number of fused-ring (bicyclic) bond motifs is 1. The van der Waals surface area contributed by atoms with Gasteiger partial charge in [-0.25, -0.2) is 0 Å². The summed E-state index contributed by atoms with van der Waals surface area (Å²) in [6, 6.07) is 18.7. The highest BCUT2D eigenvalue weighted by Crippen LogP contribution is 2.27. The number of nitrogens with two attached hydrogens (primary N) is 1. The highest BCUT2D eigenvalue weighted by molar-refractivity contribution is 6.34. The van der Waals surface area contributed by atoms with Gasteiger partial charge in [0.1, 0.15) is 6.04 Å². The van der Waals surface area contributed by atoms with Crippen molar-refractivity contribution in [1.29, 1.82) is 0 Å². The molecule has 4 rings (SSSR count). The van der Waals surface area contributed by atoms with Crippen molar-refractivity contribution in [3.63, 3.8) is 0 Å². The van der Waals surface area contributed by atoms with Gasteiger partial charge in [0.25, 0.3) is 11.8 Å². The van der Waals surface area contributed by atoms with Gasteiger partial charge in [-0.1, -0.05) is 54.1 Å². The predicted octanol–water partition coefficient (Wildman–Crippen LogP) is 3.28. The van der Waals surface area contributed by atoms with Crippen molar-refractivity contribution < 1.29 is 19.2 Å². The van der Waals surface area contributed by atoms with Crippen LogP contribution in [0.4, 0.5) is 5.69 Å². The minimum absolute atomic E-state index is 0.0461. The molecule has 0 radical (unpaired) electrons. The van der Waals surface area contributed by atoms with Crippen LogP contribution in [0.2, 0.25) is 5.02 Å². The topological polar surface area (TPSA) is 110 Å². The number of hydrogen-bond donors (Lipinski definition) is 2. The van der Waals surface area contributed by atoms with Crippen molar-refractivity contribution in [2.24, 2.45) is 5.73 Å². The van der Waals surface area contributed by atoms with E-state index >= 15 is 0 Å². The summed E-state index contributed by atoms with van der Waals surface area (Å²) in [5, 5.41) is 2.83. The first-order valence-electron chi connectivity index (χ1n) is 9.78. The second-order valence-electron chi connectivity index (χ2n) is 7.28. The van der Waals surface area contributed by atoms with Crippen molar-refractivity contribution in [2.45, 2.75) is 12.5 Å². The number of nitrogens with zero attached hydrogens (tertiary/aromatic N) is 1. The molecule has 0 aliphatic carbocycles. The fourth-order valence-electron chi connectivity index (χ4n) is 3.65. The van der Waals surface area contributed by atoms with E-state index in [4.69, 9.17) is 17.3 Å². The summed E-state index contributed by atoms with van der Waals surface area (Å²) in [7, 11) is 0. The van der Waals surface area contributed by atoms with Gasteiger partial charge in [-0.05, 0) is 35.9 Å². The lowest BCUT2D eigenvalue weighted by atomic mass is 10.0. The second kappa shape index (κ2) is 8.64. The fourth-order valence-corrected chi connectivity index (χ4v) is 3.86. The molecule has 0 saturated carbocycles. The Morgan fingerprint density at radius 1 is 0.906 bits per heavy atom. The molecule has 1 aliphatic heterocycles. The maximum atomic E-state index is 13.3. The van der Waals surface area contributed by atoms with E-state index < -0.39 is 29.7 Å². The zero-order valence-corrected chi connectivity index (χ0v) is 17.5. The van der Waals surface area contributed by atoms with Gasteiger partial charge in [-0.2, -0.15) is 0 Å². The molecule has 0 unspecified atom stereocenters. The predicted molar refractivity (Wildman–Crippen MR) is 119 cm³/mol. The number of nitrogens with one attached hydrogen (secondary N) is 1. The highest BCUT2D eigenvalue weighted by atomic mass is 35.5. The number of amides is 4. The molecule has 3 aromatic carbocycles. The van der Waals surface area contributed by atoms with Gasteiger partial charge in [-0.3, -0.25) is 24.1 Å². The third-order valence-corrected chi connectivity index (χ3v) is 5.54. The van der Waals surface area contributed by atoms with Gasteiger partial charge in [-0.15, -0.1) is 0 Å². The van der Waals surface area contributed by atoms with E-state index in [2.05, 4.69) is 5.32 Å². The SMILES string of the molecule is NC(=O)c1cc(NC(=O)[C@@H](Cc2ccccc2)N2C(=O)c3ccccc3C2=O)ccc1Cl. The zero-order chi connectivity index (χ0) is 22.8. The molecule has 3 N–H and O–H groups in total. The molecule has 32 heavy (non-hydrogen) atoms. The van der Waals surface area contributed by atoms with Gasteiger partial charge in [0.15, 0.2) is 0 Å². The first-order chi connectivity index (χ1) is 15.4. The van der Waals surface area contributed by atoms with Crippen molar-refractivity contribution in [2.75, 3.05) is 5.32 Å². The Bertz CT molecular complexity index is 1210. The number of benzene rings is 3. The first kappa shape index (κ1) is 21.3. The molecule has 1 atom stereocenters. The third-order valence-electron chi connectivity index (χ3n) is 5.21. The van der Waals surface area contributed by atoms with E-state index in [0.717, 1.165) is 10.5 Å². The Kier molecular flexibility index (Phi) is 5.75. The number of anilines is 1. The summed E-state index contributed by atoms with van der Waals surface area (Å²) in [5.74, 6) is -2.39. The second-order valence-corrected chi connectivity index (χ2v) is 7.69. The van der Waals surface area contributed by atoms with Crippen molar-refractivity contribution in [1.82, 2.24) is 4.90 Å². The van der Waals surface area contributed by atoms with Crippen LogP contribution >= 0.6 is 11.6 Å². The average Bonchev–Trinajstić information content (AvgIpc) is 3.04. The number of hydrogen-bond acceptors (Lipinski definition) is 4. The Morgan fingerprint density at radius 3 is 2.09 bits per heavy atom. The molecular formula is C24H18ClN3O4. The van der Waals surface area contributed by atoms with Crippen molar-refractivity contribution >= 4 is 40.9 Å². The lowest BCUT2D eigenvalue weighted by Gasteiger charge is -2.25. The van der Waals surface area contributed by atoms with Gasteiger partial charge >= 0.3 is 0 Å². The number of imide groups is 1. The lowest BCUT2D eigenvalue weighted by Crippen LogP contribution is -2.48. The number of carbonyl (C=O) groups excluding carboxylic acids is 4. The standard InChI is InChI=1S/C24H18ClN3O4/c25-19-11-10-15(13-18(19)21(26)29)27-22(30)20(12-14-6-2-1-3-7-14)28-23(31)16-8-4-5-9-17(16)24(28)32/h1-11,13,20H,12H2,(H2,26,29)(H,27,30)/t20-/m1/s1. The molecule has 1 heterocycles. The summed E-state index contributed by atoms with van der Waals surface area (Å²) < 4.78 is 0. The van der Waals surface area contributed by atoms with Crippen LogP contribution in [0, 0.1) is 0 Å². The molecule has 0 fully saturated rings. The number of primary amides is 1. The van der Waals surface area contributed by atoms with Crippen molar-refractivity contribution in [3.05, 3.63) is 100 Å². The van der Waals surface area contributed by atoms with Crippen LogP contribution in [-0.2, 0) is 11.2 Å². The van der Waals surface area contributed by atoms with Gasteiger partial charge in [0, 0.05) is 12.1 Å². The molecule has 0 spiro atoms. The maximum Gasteiger partial charge on any atom is 0.262 e. The first-order valence-corrected chi connectivity index (χ1v) is 10.2. The van der Waals surface area contributed by atoms with Crippen LogP contribution < -0.4 is 11.1 Å². The van der Waals surface area contributed by atoms with Gasteiger partial charge in [0.2, 0.25) is 11.8 Å². The smallest absolute Gasteiger partial charge is 0.262 e. The van der Waals surface area contributed by atoms with Gasteiger partial charge in [0.05, 0.1) is 21.7 Å². The van der Waals surface area contributed by atoms with Crippen LogP contribution in [0.5, 0.6) is 0 Å². The lowest BCUT2D eigenvalue weighted by molar-refractivity contribution is -0.119. The maximum absolute atomic E-state index is 13.3. The molecule has 8 heteroatoms. The third kappa shape index (κ3) is 3.98. The van der Waals surface area contributed by atoms with E-state index in [1.54, 1.807) is 24.3 Å². The molecule has 0 aromatic heterocycles. The van der Waals surface area contributed by atoms with E-state index in [-0.39, 0.29) is 33.8 Å². The number of carbonyl (C=O) groups is 4. The van der Waals surface area contributed by atoms with Crippen LogP contribution in [-0.4, -0.2) is 34.6 Å². The highest BCUT2D eigenvalue weighted by Gasteiger charge is 2.42. The van der Waals surface area contributed by atoms with E-state index in [0.29, 0.717) is 0 Å². The summed E-state index contributed by atoms with van der Waals surface area (Å²) in [5.41, 5.74) is 6.93. The molecule has 7 nitrogen and oxygen atoms in total. The van der Waals surface area contributed by atoms with E-state index in [9.17, 15) is 19.2 Å². The monoisotopic (exact) mass is 447 g/mol. The quantitative estimate of drug-likeness (QED) is 0.565. The minimum atomic E-state index is -1.11. The molecule has 3 aromatic rings. The van der Waals surface area contributed by atoms with Crippen LogP contribution in [0.25, 0.3) is 0 Å². The molecule has 1 aliphatic rings. The Hall–Kier alpha value is -3.97. The molecule has 160 valence electrons. The van der Waals surface area contributed by atoms with Crippen LogP contribution in [0.15, 0.2) is 72.8 Å². The Balaban J connectivity index is 1.68. The summed E-state index contributed by atoms with van der Waals surface area (Å²) in [4.78, 5) is 51.9. The van der Waals surface area contributed by atoms with Crippen LogP contribution in [0.3, 0.4) is 0 Å². The molecule has 0 bridgehead atoms. The average molecular weight is 448 g/mol. The Labute approximate surface area is 188 Å². The fraction of sp³-hybridized carbons (Fsp3) is 0.0833. The summed E-state index contributed by atoms with van der Waals surface area (Å²) in [6.45, 7) is 0. The van der Waals surface area contributed by atoms with Crippen molar-refractivity contribution in [3.8, 4) is 0 Å². The molecular weight excluding hydrogens is 430 g/mol. The largest absolute Gasteiger partial charge is 0.366 e. The summed E-state index contributed by atoms with van der Waals surface area (Å²) in [6.07, 6.45) is 0.119. The normalized spacial score (nSPS) is 13.6. The Morgan fingerprint density at radius 2 is 1.50 bits per heavy atom. The molecule has 0 saturated heterocycles.